The molecule has 6 nitrogen and oxygen atoms in total. The summed E-state index contributed by atoms with van der Waals surface area (Å²) in [6.45, 7) is 0. The second kappa shape index (κ2) is 4.73. The first-order valence-electron chi connectivity index (χ1n) is 7.55. The quantitative estimate of drug-likeness (QED) is 0.805. The Bertz CT molecular complexity index is 678. The van der Waals surface area contributed by atoms with Gasteiger partial charge in [0.2, 0.25) is 0 Å². The van der Waals surface area contributed by atoms with Crippen LogP contribution in [0.2, 0.25) is 0 Å². The third-order valence-corrected chi connectivity index (χ3v) is 4.79. The summed E-state index contributed by atoms with van der Waals surface area (Å²) in [5, 5.41) is 3.24. The molecule has 2 saturated heterocycles. The number of carbonyl (C=O) groups excluding carboxylic acids is 1. The summed E-state index contributed by atoms with van der Waals surface area (Å²) in [6, 6.07) is 3.06. The largest absolute Gasteiger partial charge is 0.365 e. The predicted octanol–water partition coefficient (Wildman–Crippen LogP) is 2.01. The number of aromatic amines is 1. The van der Waals surface area contributed by atoms with Crippen LogP contribution in [0.5, 0.6) is 0 Å². The lowest BCUT2D eigenvalue weighted by atomic mass is 10.1. The molecule has 2 bridgehead atoms. The number of piperidine rings is 1. The predicted molar refractivity (Wildman–Crippen MR) is 80.7 cm³/mol. The van der Waals surface area contributed by atoms with Gasteiger partial charge in [-0.25, -0.2) is 9.99 Å². The Balaban J connectivity index is 1.76. The van der Waals surface area contributed by atoms with E-state index in [1.54, 1.807) is 6.20 Å². The van der Waals surface area contributed by atoms with Crippen LogP contribution >= 0.6 is 0 Å². The minimum atomic E-state index is -0.447. The number of nitrogens with zero attached hydrogens (tertiary/aromatic N) is 2. The number of aromatic nitrogens is 2. The Labute approximate surface area is 122 Å². The molecular weight excluding hydrogens is 266 g/mol. The Morgan fingerprint density at radius 1 is 1.33 bits per heavy atom. The number of H-pyrrole nitrogens is 1. The monoisotopic (exact) mass is 285 g/mol. The lowest BCUT2D eigenvalue weighted by molar-refractivity contribution is 0.0999. The van der Waals surface area contributed by atoms with E-state index in [1.165, 1.54) is 32.1 Å². The molecule has 2 atom stereocenters. The van der Waals surface area contributed by atoms with E-state index >= 15 is 0 Å². The number of pyridine rings is 1. The fourth-order valence-electron chi connectivity index (χ4n) is 3.74. The molecule has 1 amide bonds. The summed E-state index contributed by atoms with van der Waals surface area (Å²) in [6.07, 6.45) is 9.57. The summed E-state index contributed by atoms with van der Waals surface area (Å²) < 4.78 is 0. The minimum Gasteiger partial charge on any atom is -0.365 e. The first-order chi connectivity index (χ1) is 10.2. The minimum absolute atomic E-state index is 0.447. The van der Waals surface area contributed by atoms with Gasteiger partial charge in [0.05, 0.1) is 11.3 Å². The molecule has 21 heavy (non-hydrogen) atoms. The highest BCUT2D eigenvalue weighted by molar-refractivity contribution is 6.05. The van der Waals surface area contributed by atoms with E-state index in [0.717, 1.165) is 16.7 Å². The Morgan fingerprint density at radius 2 is 2.10 bits per heavy atom. The highest BCUT2D eigenvalue weighted by atomic mass is 16.1. The van der Waals surface area contributed by atoms with E-state index in [-0.39, 0.29) is 0 Å². The van der Waals surface area contributed by atoms with Crippen LogP contribution in [0.3, 0.4) is 0 Å². The van der Waals surface area contributed by atoms with Crippen molar-refractivity contribution < 1.29 is 4.79 Å². The third-order valence-electron chi connectivity index (χ3n) is 4.79. The molecule has 0 aromatic carbocycles. The van der Waals surface area contributed by atoms with Crippen molar-refractivity contribution in [2.75, 3.05) is 5.43 Å². The first kappa shape index (κ1) is 12.6. The Kier molecular flexibility index (Phi) is 2.85. The van der Waals surface area contributed by atoms with Crippen molar-refractivity contribution in [1.29, 1.82) is 0 Å². The van der Waals surface area contributed by atoms with Gasteiger partial charge in [-0.1, -0.05) is 6.42 Å². The van der Waals surface area contributed by atoms with Crippen molar-refractivity contribution in [2.24, 2.45) is 5.73 Å². The standard InChI is InChI=1S/C15H19N5O/c16-14(21)12-8-18-15-11(6-7-17-15)13(12)19-20-9-2-1-3-10(20)5-4-9/h6-10H,1-5H2,(H2,16,21)(H2,17,18,19). The van der Waals surface area contributed by atoms with Gasteiger partial charge in [-0.2, -0.15) is 0 Å². The number of hydrogen-bond acceptors (Lipinski definition) is 4. The van der Waals surface area contributed by atoms with Crippen LogP contribution in [0.4, 0.5) is 5.69 Å². The lowest BCUT2D eigenvalue weighted by Crippen LogP contribution is -2.44. The number of carbonyl (C=O) groups is 1. The maximum atomic E-state index is 11.7. The van der Waals surface area contributed by atoms with Gasteiger partial charge in [0.25, 0.3) is 5.91 Å². The Morgan fingerprint density at radius 3 is 2.81 bits per heavy atom. The molecule has 0 aliphatic carbocycles. The van der Waals surface area contributed by atoms with E-state index in [0.29, 0.717) is 17.6 Å². The van der Waals surface area contributed by atoms with Crippen LogP contribution in [0, 0.1) is 0 Å². The maximum Gasteiger partial charge on any atom is 0.252 e. The van der Waals surface area contributed by atoms with E-state index in [9.17, 15) is 4.79 Å². The summed E-state index contributed by atoms with van der Waals surface area (Å²) in [7, 11) is 0. The van der Waals surface area contributed by atoms with Crippen molar-refractivity contribution in [3.8, 4) is 0 Å². The van der Waals surface area contributed by atoms with Crippen molar-refractivity contribution in [1.82, 2.24) is 15.0 Å². The number of rotatable bonds is 3. The molecule has 0 spiro atoms. The van der Waals surface area contributed by atoms with Gasteiger partial charge in [0.15, 0.2) is 0 Å². The van der Waals surface area contributed by atoms with Gasteiger partial charge in [0.1, 0.15) is 5.65 Å². The molecule has 2 fully saturated rings. The first-order valence-corrected chi connectivity index (χ1v) is 7.55. The number of primary amides is 1. The molecule has 2 aliphatic heterocycles. The number of hydrogen-bond donors (Lipinski definition) is 3. The number of fused-ring (bicyclic) bond motifs is 3. The number of nitrogens with one attached hydrogen (secondary N) is 2. The van der Waals surface area contributed by atoms with Crippen molar-refractivity contribution in [2.45, 2.75) is 44.2 Å². The summed E-state index contributed by atoms with van der Waals surface area (Å²) in [5.74, 6) is -0.447. The highest BCUT2D eigenvalue weighted by Gasteiger charge is 2.37. The van der Waals surface area contributed by atoms with Gasteiger partial charge >= 0.3 is 0 Å². The summed E-state index contributed by atoms with van der Waals surface area (Å²) >= 11 is 0. The molecule has 2 aliphatic rings. The average Bonchev–Trinajstić information content (AvgIpc) is 3.01. The molecule has 2 unspecified atom stereocenters. The summed E-state index contributed by atoms with van der Waals surface area (Å²) in [4.78, 5) is 19.1. The number of nitrogens with two attached hydrogens (primary N) is 1. The maximum absolute atomic E-state index is 11.7. The molecule has 110 valence electrons. The SMILES string of the molecule is NC(=O)c1cnc2[nH]ccc2c1NN1C2CCCC1CC2. The van der Waals surface area contributed by atoms with Gasteiger partial charge in [-0.3, -0.25) is 4.79 Å². The fourth-order valence-corrected chi connectivity index (χ4v) is 3.74. The molecule has 6 heteroatoms. The Hall–Kier alpha value is -2.08. The molecule has 0 saturated carbocycles. The third kappa shape index (κ3) is 1.98. The van der Waals surface area contributed by atoms with E-state index in [2.05, 4.69) is 20.4 Å². The smallest absolute Gasteiger partial charge is 0.252 e. The average molecular weight is 285 g/mol. The molecule has 0 radical (unpaired) electrons. The van der Waals surface area contributed by atoms with Crippen LogP contribution in [-0.4, -0.2) is 33.0 Å². The number of hydrazine groups is 1. The second-order valence-corrected chi connectivity index (χ2v) is 5.99. The fraction of sp³-hybridized carbons (Fsp3) is 0.467. The van der Waals surface area contributed by atoms with E-state index in [1.807, 2.05) is 12.3 Å². The molecule has 4 heterocycles. The van der Waals surface area contributed by atoms with Gasteiger partial charge in [-0.15, -0.1) is 0 Å². The lowest BCUT2D eigenvalue weighted by Gasteiger charge is -2.36. The van der Waals surface area contributed by atoms with E-state index < -0.39 is 5.91 Å². The molecule has 4 rings (SSSR count). The topological polar surface area (TPSA) is 87.0 Å². The molecule has 2 aromatic heterocycles. The molecule has 4 N–H and O–H groups in total. The number of amides is 1. The van der Waals surface area contributed by atoms with Gasteiger partial charge in [0, 0.05) is 29.9 Å². The molecule has 2 aromatic rings. The van der Waals surface area contributed by atoms with Gasteiger partial charge in [-0.05, 0) is 31.7 Å². The zero-order valence-electron chi connectivity index (χ0n) is 11.8. The highest BCUT2D eigenvalue weighted by Crippen LogP contribution is 2.37. The number of anilines is 1. The van der Waals surface area contributed by atoms with Crippen molar-refractivity contribution >= 4 is 22.6 Å². The second-order valence-electron chi connectivity index (χ2n) is 5.99. The van der Waals surface area contributed by atoms with Crippen LogP contribution in [0.1, 0.15) is 42.5 Å². The van der Waals surface area contributed by atoms with Crippen LogP contribution < -0.4 is 11.2 Å². The summed E-state index contributed by atoms with van der Waals surface area (Å²) in [5.41, 5.74) is 11.0. The molecular formula is C15H19N5O. The van der Waals surface area contributed by atoms with Crippen LogP contribution in [-0.2, 0) is 0 Å². The van der Waals surface area contributed by atoms with Crippen molar-refractivity contribution in [3.05, 3.63) is 24.0 Å². The van der Waals surface area contributed by atoms with Crippen LogP contribution in [0.15, 0.2) is 18.5 Å². The van der Waals surface area contributed by atoms with Gasteiger partial charge < -0.3 is 16.1 Å². The van der Waals surface area contributed by atoms with Crippen molar-refractivity contribution in [3.63, 3.8) is 0 Å². The van der Waals surface area contributed by atoms with E-state index in [4.69, 9.17) is 5.73 Å². The zero-order valence-corrected chi connectivity index (χ0v) is 11.8. The zero-order chi connectivity index (χ0) is 14.4. The van der Waals surface area contributed by atoms with Crippen LogP contribution in [0.25, 0.3) is 11.0 Å². The normalized spacial score (nSPS) is 25.3.